The fourth-order valence-corrected chi connectivity index (χ4v) is 2.85. The summed E-state index contributed by atoms with van der Waals surface area (Å²) in [6, 6.07) is 0. The highest BCUT2D eigenvalue weighted by molar-refractivity contribution is 7.87. The van der Waals surface area contributed by atoms with Gasteiger partial charge in [-0.2, -0.15) is 0 Å². The van der Waals surface area contributed by atoms with E-state index in [9.17, 15) is 9.00 Å². The minimum atomic E-state index is -1.11. The van der Waals surface area contributed by atoms with E-state index in [-0.39, 0.29) is 16.4 Å². The molecular formula is C8H16N2O2S. The number of amides is 1. The van der Waals surface area contributed by atoms with Gasteiger partial charge in [0.2, 0.25) is 5.91 Å². The first-order valence-electron chi connectivity index (χ1n) is 4.42. The average Bonchev–Trinajstić information content (AvgIpc) is 2.45. The second kappa shape index (κ2) is 4.19. The molecule has 1 amide bonds. The zero-order valence-electron chi connectivity index (χ0n) is 8.03. The van der Waals surface area contributed by atoms with Crippen LogP contribution < -0.4 is 5.73 Å². The van der Waals surface area contributed by atoms with E-state index in [1.54, 1.807) is 11.9 Å². The Morgan fingerprint density at radius 3 is 2.77 bits per heavy atom. The summed E-state index contributed by atoms with van der Waals surface area (Å²) in [7, 11) is 0.636. The van der Waals surface area contributed by atoms with Crippen LogP contribution in [0.25, 0.3) is 0 Å². The molecule has 0 aliphatic carbocycles. The lowest BCUT2D eigenvalue weighted by atomic mass is 10.4. The van der Waals surface area contributed by atoms with E-state index in [0.29, 0.717) is 19.5 Å². The van der Waals surface area contributed by atoms with Gasteiger partial charge in [0.25, 0.3) is 0 Å². The van der Waals surface area contributed by atoms with Gasteiger partial charge >= 0.3 is 0 Å². The summed E-state index contributed by atoms with van der Waals surface area (Å²) in [6.07, 6.45) is 0.701. The third-order valence-corrected chi connectivity index (χ3v) is 4.37. The number of carbonyl (C=O) groups is 1. The van der Waals surface area contributed by atoms with Gasteiger partial charge in [0.15, 0.2) is 0 Å². The lowest BCUT2D eigenvalue weighted by Crippen LogP contribution is -2.35. The summed E-state index contributed by atoms with van der Waals surface area (Å²) in [5, 5.41) is -0.399. The molecule has 13 heavy (non-hydrogen) atoms. The van der Waals surface area contributed by atoms with Crippen molar-refractivity contribution in [3.63, 3.8) is 0 Å². The van der Waals surface area contributed by atoms with E-state index in [0.717, 1.165) is 0 Å². The molecule has 0 aromatic rings. The third-order valence-electron chi connectivity index (χ3n) is 2.39. The van der Waals surface area contributed by atoms with Gasteiger partial charge in [0, 0.05) is 36.2 Å². The van der Waals surface area contributed by atoms with E-state index < -0.39 is 10.8 Å². The van der Waals surface area contributed by atoms with Crippen LogP contribution in [0.3, 0.4) is 0 Å². The zero-order valence-corrected chi connectivity index (χ0v) is 8.84. The first-order valence-corrected chi connectivity index (χ1v) is 5.70. The van der Waals surface area contributed by atoms with Crippen molar-refractivity contribution in [3.05, 3.63) is 0 Å². The Kier molecular flexibility index (Phi) is 3.44. The lowest BCUT2D eigenvalue weighted by Gasteiger charge is -2.13. The van der Waals surface area contributed by atoms with Gasteiger partial charge in [-0.15, -0.1) is 0 Å². The second-order valence-corrected chi connectivity index (χ2v) is 5.44. The fraction of sp³-hybridized carbons (Fsp3) is 0.875. The number of carbonyl (C=O) groups excluding carboxylic acids is 1. The molecule has 3 unspecified atom stereocenters. The van der Waals surface area contributed by atoms with Crippen molar-refractivity contribution in [2.24, 2.45) is 5.73 Å². The minimum Gasteiger partial charge on any atom is -0.345 e. The van der Waals surface area contributed by atoms with Crippen molar-refractivity contribution >= 4 is 16.7 Å². The molecule has 1 fully saturated rings. The topological polar surface area (TPSA) is 63.4 Å². The molecule has 0 spiro atoms. The molecule has 1 aliphatic heterocycles. The highest BCUT2D eigenvalue weighted by Crippen LogP contribution is 2.17. The van der Waals surface area contributed by atoms with E-state index in [1.165, 1.54) is 0 Å². The predicted octanol–water partition coefficient (Wildman–Crippen LogP) is -0.687. The third kappa shape index (κ3) is 2.08. The number of hydrogen-bond acceptors (Lipinski definition) is 3. The molecular weight excluding hydrogens is 188 g/mol. The van der Waals surface area contributed by atoms with Crippen molar-refractivity contribution in [2.45, 2.75) is 23.8 Å². The van der Waals surface area contributed by atoms with Crippen molar-refractivity contribution in [1.82, 2.24) is 4.90 Å². The standard InChI is InChI=1S/C8H16N2O2S/c1-6(5-9)13(12)7-3-4-10(2)8(7)11/h6-7H,3-5,9H2,1-2H3. The van der Waals surface area contributed by atoms with Gasteiger partial charge in [0.05, 0.1) is 0 Å². The van der Waals surface area contributed by atoms with Crippen LogP contribution in [0.1, 0.15) is 13.3 Å². The molecule has 1 heterocycles. The van der Waals surface area contributed by atoms with Crippen molar-refractivity contribution in [3.8, 4) is 0 Å². The quantitative estimate of drug-likeness (QED) is 0.662. The Bertz CT molecular complexity index is 232. The van der Waals surface area contributed by atoms with E-state index >= 15 is 0 Å². The van der Waals surface area contributed by atoms with Crippen LogP contribution >= 0.6 is 0 Å². The summed E-state index contributed by atoms with van der Waals surface area (Å²) in [5.74, 6) is -0.00127. The van der Waals surface area contributed by atoms with Gasteiger partial charge in [-0.1, -0.05) is 0 Å². The maximum absolute atomic E-state index is 11.7. The van der Waals surface area contributed by atoms with Crippen molar-refractivity contribution in [2.75, 3.05) is 20.1 Å². The molecule has 0 bridgehead atoms. The van der Waals surface area contributed by atoms with Gasteiger partial charge in [-0.3, -0.25) is 9.00 Å². The summed E-state index contributed by atoms with van der Waals surface area (Å²) >= 11 is 0. The molecule has 0 aromatic carbocycles. The van der Waals surface area contributed by atoms with Crippen LogP contribution in [-0.4, -0.2) is 45.7 Å². The molecule has 76 valence electrons. The van der Waals surface area contributed by atoms with E-state index in [1.807, 2.05) is 6.92 Å². The fourth-order valence-electron chi connectivity index (χ4n) is 1.38. The number of nitrogens with two attached hydrogens (primary N) is 1. The number of hydrogen-bond donors (Lipinski definition) is 1. The largest absolute Gasteiger partial charge is 0.345 e. The number of rotatable bonds is 3. The average molecular weight is 204 g/mol. The van der Waals surface area contributed by atoms with Crippen LogP contribution in [0.15, 0.2) is 0 Å². The Morgan fingerprint density at radius 1 is 1.77 bits per heavy atom. The minimum absolute atomic E-state index is 0.00127. The van der Waals surface area contributed by atoms with E-state index in [4.69, 9.17) is 5.73 Å². The lowest BCUT2D eigenvalue weighted by molar-refractivity contribution is -0.126. The van der Waals surface area contributed by atoms with Gasteiger partial charge in [-0.25, -0.2) is 0 Å². The zero-order chi connectivity index (χ0) is 10.0. The van der Waals surface area contributed by atoms with Crippen molar-refractivity contribution in [1.29, 1.82) is 0 Å². The van der Waals surface area contributed by atoms with Gasteiger partial charge < -0.3 is 10.6 Å². The molecule has 1 rings (SSSR count). The summed E-state index contributed by atoms with van der Waals surface area (Å²) in [5.41, 5.74) is 5.40. The van der Waals surface area contributed by atoms with Gasteiger partial charge in [0.1, 0.15) is 5.25 Å². The van der Waals surface area contributed by atoms with Crippen LogP contribution in [-0.2, 0) is 15.6 Å². The summed E-state index contributed by atoms with van der Waals surface area (Å²) in [6.45, 7) is 2.91. The number of likely N-dealkylation sites (tertiary alicyclic amines) is 1. The SMILES string of the molecule is CC(CN)S(=O)C1CCN(C)C1=O. The monoisotopic (exact) mass is 204 g/mol. The Morgan fingerprint density at radius 2 is 2.38 bits per heavy atom. The highest BCUT2D eigenvalue weighted by atomic mass is 32.2. The highest BCUT2D eigenvalue weighted by Gasteiger charge is 2.35. The Hall–Kier alpha value is -0.420. The smallest absolute Gasteiger partial charge is 0.238 e. The molecule has 0 radical (unpaired) electrons. The predicted molar refractivity (Wildman–Crippen MR) is 52.7 cm³/mol. The molecule has 0 aromatic heterocycles. The first-order chi connectivity index (χ1) is 6.07. The molecule has 3 atom stereocenters. The van der Waals surface area contributed by atoms with E-state index in [2.05, 4.69) is 0 Å². The molecule has 4 nitrogen and oxygen atoms in total. The first kappa shape index (κ1) is 10.7. The molecule has 5 heteroatoms. The molecule has 2 N–H and O–H groups in total. The summed E-state index contributed by atoms with van der Waals surface area (Å²) < 4.78 is 11.7. The Labute approximate surface area is 80.9 Å². The van der Waals surface area contributed by atoms with Crippen LogP contribution in [0.5, 0.6) is 0 Å². The normalized spacial score (nSPS) is 27.8. The molecule has 0 saturated carbocycles. The number of nitrogens with zero attached hydrogens (tertiary/aromatic N) is 1. The Balaban J connectivity index is 2.63. The summed E-state index contributed by atoms with van der Waals surface area (Å²) in [4.78, 5) is 13.1. The molecule has 1 aliphatic rings. The second-order valence-electron chi connectivity index (χ2n) is 3.41. The van der Waals surface area contributed by atoms with Gasteiger partial charge in [-0.05, 0) is 13.3 Å². The van der Waals surface area contributed by atoms with Crippen molar-refractivity contribution < 1.29 is 9.00 Å². The maximum atomic E-state index is 11.7. The van der Waals surface area contributed by atoms with Crippen LogP contribution in [0.2, 0.25) is 0 Å². The van der Waals surface area contributed by atoms with Crippen LogP contribution in [0.4, 0.5) is 0 Å². The van der Waals surface area contributed by atoms with Crippen LogP contribution in [0, 0.1) is 0 Å². The molecule has 1 saturated heterocycles. The maximum Gasteiger partial charge on any atom is 0.238 e.